The van der Waals surface area contributed by atoms with Gasteiger partial charge in [-0.15, -0.1) is 0 Å². The molecule has 3 atom stereocenters. The first kappa shape index (κ1) is 15.3. The molecule has 2 unspecified atom stereocenters. The third-order valence-corrected chi connectivity index (χ3v) is 5.47. The lowest BCUT2D eigenvalue weighted by Gasteiger charge is -2.20. The molecule has 128 valence electrons. The summed E-state index contributed by atoms with van der Waals surface area (Å²) >= 11 is 0. The summed E-state index contributed by atoms with van der Waals surface area (Å²) in [5.74, 6) is 0.501. The second-order valence-electron chi connectivity index (χ2n) is 6.81. The Balaban J connectivity index is 1.50. The number of nitrogens with zero attached hydrogens (tertiary/aromatic N) is 2. The Morgan fingerprint density at radius 2 is 2.12 bits per heavy atom. The number of anilines is 1. The molecule has 2 amide bonds. The minimum atomic E-state index is -0.349. The van der Waals surface area contributed by atoms with Gasteiger partial charge < -0.3 is 20.1 Å². The second kappa shape index (κ2) is 5.37. The topological polar surface area (TPSA) is 85.1 Å². The molecule has 1 aromatic rings. The Kier molecular flexibility index (Phi) is 3.42. The lowest BCUT2D eigenvalue weighted by molar-refractivity contribution is 0.127. The van der Waals surface area contributed by atoms with Gasteiger partial charge >= 0.3 is 12.2 Å². The van der Waals surface area contributed by atoms with Crippen molar-refractivity contribution < 1.29 is 19.1 Å². The molecule has 3 fully saturated rings. The number of methoxy groups -OCH3 is 1. The van der Waals surface area contributed by atoms with Crippen molar-refractivity contribution in [3.8, 4) is 0 Å². The molecule has 2 saturated heterocycles. The van der Waals surface area contributed by atoms with Crippen LogP contribution in [-0.4, -0.2) is 56.5 Å². The average molecular weight is 331 g/mol. The van der Waals surface area contributed by atoms with Crippen LogP contribution in [0.1, 0.15) is 12.0 Å². The van der Waals surface area contributed by atoms with Gasteiger partial charge in [-0.1, -0.05) is 12.1 Å². The minimum Gasteiger partial charge on any atom is -0.453 e. The van der Waals surface area contributed by atoms with E-state index in [0.29, 0.717) is 25.6 Å². The first-order valence-electron chi connectivity index (χ1n) is 8.19. The van der Waals surface area contributed by atoms with Crippen molar-refractivity contribution in [2.45, 2.75) is 17.9 Å². The van der Waals surface area contributed by atoms with Crippen LogP contribution in [0.25, 0.3) is 0 Å². The van der Waals surface area contributed by atoms with Crippen LogP contribution in [0.3, 0.4) is 0 Å². The van der Waals surface area contributed by atoms with Crippen LogP contribution in [0.5, 0.6) is 0 Å². The molecule has 1 saturated carbocycles. The standard InChI is InChI=1S/C17H21N3O4/c1-23-15(21)19-8-12-6-17(12,10-19)11-2-4-13(5-3-11)20-9-14(7-18)24-16(20)22/h2-5,12,14H,6-10,18H2,1H3/t12?,14-,17?/m0/s1. The van der Waals surface area contributed by atoms with Gasteiger partial charge in [0.25, 0.3) is 0 Å². The molecule has 2 aliphatic heterocycles. The molecule has 1 aliphatic carbocycles. The lowest BCUT2D eigenvalue weighted by atomic mass is 9.95. The Labute approximate surface area is 140 Å². The number of amides is 2. The number of rotatable bonds is 3. The summed E-state index contributed by atoms with van der Waals surface area (Å²) in [7, 11) is 1.41. The van der Waals surface area contributed by atoms with E-state index in [2.05, 4.69) is 12.1 Å². The van der Waals surface area contributed by atoms with Crippen molar-refractivity contribution in [3.63, 3.8) is 0 Å². The molecular weight excluding hydrogens is 310 g/mol. The van der Waals surface area contributed by atoms with Crippen molar-refractivity contribution >= 4 is 17.9 Å². The van der Waals surface area contributed by atoms with Crippen LogP contribution >= 0.6 is 0 Å². The van der Waals surface area contributed by atoms with Crippen molar-refractivity contribution in [1.82, 2.24) is 4.90 Å². The minimum absolute atomic E-state index is 0.0536. The van der Waals surface area contributed by atoms with E-state index in [1.165, 1.54) is 12.7 Å². The molecule has 1 aromatic carbocycles. The second-order valence-corrected chi connectivity index (χ2v) is 6.81. The molecule has 2 heterocycles. The van der Waals surface area contributed by atoms with Gasteiger partial charge in [0.2, 0.25) is 0 Å². The van der Waals surface area contributed by atoms with E-state index in [1.807, 2.05) is 12.1 Å². The number of hydrogen-bond acceptors (Lipinski definition) is 5. The third kappa shape index (κ3) is 2.23. The fraction of sp³-hybridized carbons (Fsp3) is 0.529. The smallest absolute Gasteiger partial charge is 0.414 e. The highest BCUT2D eigenvalue weighted by atomic mass is 16.6. The van der Waals surface area contributed by atoms with E-state index in [9.17, 15) is 9.59 Å². The highest BCUT2D eigenvalue weighted by molar-refractivity contribution is 5.89. The highest BCUT2D eigenvalue weighted by Crippen LogP contribution is 2.59. The van der Waals surface area contributed by atoms with Crippen molar-refractivity contribution in [1.29, 1.82) is 0 Å². The summed E-state index contributed by atoms with van der Waals surface area (Å²) in [6.07, 6.45) is 0.247. The van der Waals surface area contributed by atoms with E-state index in [-0.39, 0.29) is 23.7 Å². The molecule has 0 radical (unpaired) electrons. The van der Waals surface area contributed by atoms with Gasteiger partial charge in [0.05, 0.1) is 13.7 Å². The van der Waals surface area contributed by atoms with Gasteiger partial charge in [-0.2, -0.15) is 0 Å². The summed E-state index contributed by atoms with van der Waals surface area (Å²) in [5.41, 5.74) is 7.65. The van der Waals surface area contributed by atoms with E-state index >= 15 is 0 Å². The number of fused-ring (bicyclic) bond motifs is 1. The van der Waals surface area contributed by atoms with E-state index in [4.69, 9.17) is 15.2 Å². The van der Waals surface area contributed by atoms with Crippen LogP contribution in [0.4, 0.5) is 15.3 Å². The zero-order chi connectivity index (χ0) is 16.9. The predicted octanol–water partition coefficient (Wildman–Crippen LogP) is 1.31. The monoisotopic (exact) mass is 331 g/mol. The molecule has 0 bridgehead atoms. The average Bonchev–Trinajstić information content (AvgIpc) is 2.98. The molecule has 0 spiro atoms. The predicted molar refractivity (Wildman–Crippen MR) is 86.9 cm³/mol. The molecule has 7 nitrogen and oxygen atoms in total. The largest absolute Gasteiger partial charge is 0.453 e. The summed E-state index contributed by atoms with van der Waals surface area (Å²) in [5, 5.41) is 0. The van der Waals surface area contributed by atoms with Gasteiger partial charge in [-0.05, 0) is 30.0 Å². The van der Waals surface area contributed by atoms with Crippen LogP contribution in [-0.2, 0) is 14.9 Å². The zero-order valence-corrected chi connectivity index (χ0v) is 13.6. The van der Waals surface area contributed by atoms with Crippen molar-refractivity contribution in [2.75, 3.05) is 38.2 Å². The van der Waals surface area contributed by atoms with E-state index < -0.39 is 0 Å². The zero-order valence-electron chi connectivity index (χ0n) is 13.6. The van der Waals surface area contributed by atoms with Crippen LogP contribution in [0, 0.1) is 5.92 Å². The number of carbonyl (C=O) groups excluding carboxylic acids is 2. The normalized spacial score (nSPS) is 31.0. The van der Waals surface area contributed by atoms with Gasteiger partial charge in [-0.3, -0.25) is 4.90 Å². The van der Waals surface area contributed by atoms with E-state index in [1.54, 1.807) is 9.80 Å². The number of benzene rings is 1. The molecule has 7 heteroatoms. The Bertz CT molecular complexity index is 677. The molecular formula is C17H21N3O4. The first-order valence-corrected chi connectivity index (χ1v) is 8.19. The number of cyclic esters (lactones) is 1. The SMILES string of the molecule is COC(=O)N1CC2CC2(c2ccc(N3C[C@H](CN)OC3=O)cc2)C1. The van der Waals surface area contributed by atoms with Crippen molar-refractivity contribution in [2.24, 2.45) is 11.7 Å². The number of piperidine rings is 1. The maximum Gasteiger partial charge on any atom is 0.414 e. The number of nitrogens with two attached hydrogens (primary N) is 1. The number of carbonyl (C=O) groups is 2. The Hall–Kier alpha value is -2.28. The Morgan fingerprint density at radius 3 is 2.75 bits per heavy atom. The van der Waals surface area contributed by atoms with E-state index in [0.717, 1.165) is 18.7 Å². The number of ether oxygens (including phenoxy) is 2. The molecule has 2 N–H and O–H groups in total. The number of hydrogen-bond donors (Lipinski definition) is 1. The summed E-state index contributed by atoms with van der Waals surface area (Å²) in [6.45, 7) is 2.27. The maximum absolute atomic E-state index is 11.9. The van der Waals surface area contributed by atoms with Crippen LogP contribution < -0.4 is 10.6 Å². The van der Waals surface area contributed by atoms with Gasteiger partial charge in [0.15, 0.2) is 0 Å². The maximum atomic E-state index is 11.9. The van der Waals surface area contributed by atoms with Crippen molar-refractivity contribution in [3.05, 3.63) is 29.8 Å². The molecule has 0 aromatic heterocycles. The van der Waals surface area contributed by atoms with Crippen LogP contribution in [0.2, 0.25) is 0 Å². The molecule has 3 aliphatic rings. The highest BCUT2D eigenvalue weighted by Gasteiger charge is 2.61. The third-order valence-electron chi connectivity index (χ3n) is 5.47. The van der Waals surface area contributed by atoms with Crippen LogP contribution in [0.15, 0.2) is 24.3 Å². The summed E-state index contributed by atoms with van der Waals surface area (Å²) in [4.78, 5) is 27.0. The summed E-state index contributed by atoms with van der Waals surface area (Å²) in [6, 6.07) is 8.00. The molecule has 4 rings (SSSR count). The quantitative estimate of drug-likeness (QED) is 0.903. The van der Waals surface area contributed by atoms with Gasteiger partial charge in [0, 0.05) is 30.7 Å². The van der Waals surface area contributed by atoms with Gasteiger partial charge in [0.1, 0.15) is 6.10 Å². The Morgan fingerprint density at radius 1 is 1.38 bits per heavy atom. The fourth-order valence-corrected chi connectivity index (χ4v) is 4.03. The number of likely N-dealkylation sites (tertiary alicyclic amines) is 1. The first-order chi connectivity index (χ1) is 11.6. The van der Waals surface area contributed by atoms with Gasteiger partial charge in [-0.25, -0.2) is 9.59 Å². The summed E-state index contributed by atoms with van der Waals surface area (Å²) < 4.78 is 10.0. The molecule has 24 heavy (non-hydrogen) atoms. The lowest BCUT2D eigenvalue weighted by Crippen LogP contribution is -2.32. The fourth-order valence-electron chi connectivity index (χ4n) is 4.03.